The molecule has 94 valence electrons. The van der Waals surface area contributed by atoms with Crippen LogP contribution >= 0.6 is 27.5 Å². The molecule has 0 aromatic heterocycles. The van der Waals surface area contributed by atoms with Crippen LogP contribution in [0.15, 0.2) is 22.7 Å². The molecule has 0 fully saturated rings. The molecule has 0 aliphatic rings. The van der Waals surface area contributed by atoms with Crippen LogP contribution in [0.4, 0.5) is 5.69 Å². The lowest BCUT2D eigenvalue weighted by Gasteiger charge is -2.24. The third-order valence-electron chi connectivity index (χ3n) is 2.36. The van der Waals surface area contributed by atoms with Crippen molar-refractivity contribution in [2.75, 3.05) is 11.9 Å². The summed E-state index contributed by atoms with van der Waals surface area (Å²) in [6.45, 7) is 6.35. The number of halogens is 2. The third-order valence-corrected chi connectivity index (χ3v) is 3.19. The first-order valence-electron chi connectivity index (χ1n) is 5.38. The predicted molar refractivity (Wildman–Crippen MR) is 75.5 cm³/mol. The van der Waals surface area contributed by atoms with Crippen LogP contribution in [0, 0.1) is 0 Å². The molecule has 0 spiro atoms. The molecule has 0 unspecified atom stereocenters. The number of nitrogens with one attached hydrogen (secondary N) is 2. The summed E-state index contributed by atoms with van der Waals surface area (Å²) in [6, 6.07) is 5.34. The molecule has 2 N–H and O–H groups in total. The van der Waals surface area contributed by atoms with Gasteiger partial charge < -0.3 is 10.6 Å². The van der Waals surface area contributed by atoms with Crippen molar-refractivity contribution in [3.05, 3.63) is 27.7 Å². The fourth-order valence-corrected chi connectivity index (χ4v) is 1.92. The van der Waals surface area contributed by atoms with Crippen LogP contribution in [0.25, 0.3) is 0 Å². The molecule has 0 heterocycles. The molecule has 0 aliphatic heterocycles. The number of hydrogen-bond donors (Lipinski definition) is 2. The lowest BCUT2D eigenvalue weighted by molar-refractivity contribution is -0.121. The number of hydrogen-bond acceptors (Lipinski definition) is 2. The van der Waals surface area contributed by atoms with Gasteiger partial charge in [0, 0.05) is 4.47 Å². The minimum Gasteiger partial charge on any atom is -0.323 e. The highest BCUT2D eigenvalue weighted by Crippen LogP contribution is 2.26. The first kappa shape index (κ1) is 14.5. The Labute approximate surface area is 115 Å². The Bertz CT molecular complexity index is 421. The van der Waals surface area contributed by atoms with E-state index in [2.05, 4.69) is 26.6 Å². The van der Waals surface area contributed by atoms with Gasteiger partial charge >= 0.3 is 0 Å². The standard InChI is InChI=1S/C12H16BrClN2O/c1-4-15-12(2,3)11(17)16-10-7-8(13)5-6-9(10)14/h5-7,15H,4H2,1-3H3,(H,16,17). The van der Waals surface area contributed by atoms with Crippen LogP contribution in [0.5, 0.6) is 0 Å². The van der Waals surface area contributed by atoms with Gasteiger partial charge in [0.2, 0.25) is 5.91 Å². The molecular weight excluding hydrogens is 304 g/mol. The van der Waals surface area contributed by atoms with Crippen LogP contribution in [-0.2, 0) is 4.79 Å². The van der Waals surface area contributed by atoms with Gasteiger partial charge in [0.1, 0.15) is 0 Å². The van der Waals surface area contributed by atoms with Crippen molar-refractivity contribution >= 4 is 39.1 Å². The minimum atomic E-state index is -0.625. The second kappa shape index (κ2) is 5.85. The largest absolute Gasteiger partial charge is 0.323 e. The highest BCUT2D eigenvalue weighted by molar-refractivity contribution is 9.10. The maximum Gasteiger partial charge on any atom is 0.244 e. The van der Waals surface area contributed by atoms with E-state index in [1.54, 1.807) is 12.1 Å². The summed E-state index contributed by atoms with van der Waals surface area (Å²) in [5.41, 5.74) is -0.0163. The topological polar surface area (TPSA) is 41.1 Å². The number of amides is 1. The van der Waals surface area contributed by atoms with E-state index in [0.717, 1.165) is 11.0 Å². The second-order valence-electron chi connectivity index (χ2n) is 4.23. The van der Waals surface area contributed by atoms with E-state index in [0.29, 0.717) is 10.7 Å². The van der Waals surface area contributed by atoms with Crippen molar-refractivity contribution < 1.29 is 4.79 Å². The van der Waals surface area contributed by atoms with Crippen molar-refractivity contribution in [2.24, 2.45) is 0 Å². The highest BCUT2D eigenvalue weighted by atomic mass is 79.9. The Morgan fingerprint density at radius 2 is 2.12 bits per heavy atom. The summed E-state index contributed by atoms with van der Waals surface area (Å²) in [6.07, 6.45) is 0. The Morgan fingerprint density at radius 1 is 1.47 bits per heavy atom. The second-order valence-corrected chi connectivity index (χ2v) is 5.56. The van der Waals surface area contributed by atoms with Crippen LogP contribution in [0.2, 0.25) is 5.02 Å². The van der Waals surface area contributed by atoms with Gasteiger partial charge in [-0.25, -0.2) is 0 Å². The summed E-state index contributed by atoms with van der Waals surface area (Å²) in [7, 11) is 0. The number of anilines is 1. The summed E-state index contributed by atoms with van der Waals surface area (Å²) >= 11 is 9.35. The quantitative estimate of drug-likeness (QED) is 0.892. The van der Waals surface area contributed by atoms with Gasteiger partial charge in [0.05, 0.1) is 16.2 Å². The molecule has 5 heteroatoms. The number of benzene rings is 1. The number of likely N-dealkylation sites (N-methyl/N-ethyl adjacent to an activating group) is 1. The van der Waals surface area contributed by atoms with Gasteiger partial charge in [0.15, 0.2) is 0 Å². The van der Waals surface area contributed by atoms with Crippen molar-refractivity contribution in [3.63, 3.8) is 0 Å². The Kier molecular flexibility index (Phi) is 4.98. The Hall–Kier alpha value is -0.580. The normalized spacial score (nSPS) is 11.4. The van der Waals surface area contributed by atoms with Crippen molar-refractivity contribution in [3.8, 4) is 0 Å². The van der Waals surface area contributed by atoms with Crippen molar-refractivity contribution in [1.82, 2.24) is 5.32 Å². The fraction of sp³-hybridized carbons (Fsp3) is 0.417. The molecule has 1 aromatic carbocycles. The molecule has 0 bridgehead atoms. The third kappa shape index (κ3) is 3.98. The van der Waals surface area contributed by atoms with E-state index >= 15 is 0 Å². The average Bonchev–Trinajstić information content (AvgIpc) is 2.23. The fourth-order valence-electron chi connectivity index (χ4n) is 1.39. The Morgan fingerprint density at radius 3 is 2.71 bits per heavy atom. The van der Waals surface area contributed by atoms with E-state index in [-0.39, 0.29) is 5.91 Å². The molecule has 1 aromatic rings. The molecule has 1 rings (SSSR count). The Balaban J connectivity index is 2.84. The molecule has 3 nitrogen and oxygen atoms in total. The molecule has 1 amide bonds. The zero-order valence-electron chi connectivity index (χ0n) is 10.1. The van der Waals surface area contributed by atoms with E-state index in [1.807, 2.05) is 26.8 Å². The maximum absolute atomic E-state index is 12.0. The van der Waals surface area contributed by atoms with Crippen molar-refractivity contribution in [1.29, 1.82) is 0 Å². The lowest BCUT2D eigenvalue weighted by Crippen LogP contribution is -2.49. The summed E-state index contributed by atoms with van der Waals surface area (Å²) in [5.74, 6) is -0.112. The van der Waals surface area contributed by atoms with E-state index in [9.17, 15) is 4.79 Å². The summed E-state index contributed by atoms with van der Waals surface area (Å²) in [4.78, 5) is 12.0. The first-order chi connectivity index (χ1) is 7.86. The summed E-state index contributed by atoms with van der Waals surface area (Å²) in [5, 5.41) is 6.44. The molecule has 0 radical (unpaired) electrons. The molecule has 17 heavy (non-hydrogen) atoms. The SMILES string of the molecule is CCNC(C)(C)C(=O)Nc1cc(Br)ccc1Cl. The minimum absolute atomic E-state index is 0.112. The average molecular weight is 320 g/mol. The molecule has 0 aliphatic carbocycles. The van der Waals surface area contributed by atoms with Crippen LogP contribution in [-0.4, -0.2) is 18.0 Å². The van der Waals surface area contributed by atoms with Crippen LogP contribution in [0.1, 0.15) is 20.8 Å². The van der Waals surface area contributed by atoms with Crippen LogP contribution < -0.4 is 10.6 Å². The van der Waals surface area contributed by atoms with Crippen molar-refractivity contribution in [2.45, 2.75) is 26.3 Å². The summed E-state index contributed by atoms with van der Waals surface area (Å²) < 4.78 is 0.874. The van der Waals surface area contributed by atoms with E-state index < -0.39 is 5.54 Å². The van der Waals surface area contributed by atoms with Gasteiger partial charge in [-0.15, -0.1) is 0 Å². The number of rotatable bonds is 4. The number of carbonyl (C=O) groups excluding carboxylic acids is 1. The van der Waals surface area contributed by atoms with E-state index in [1.165, 1.54) is 0 Å². The van der Waals surface area contributed by atoms with E-state index in [4.69, 9.17) is 11.6 Å². The predicted octanol–water partition coefficient (Wildman–Crippen LogP) is 3.43. The molecule has 0 saturated heterocycles. The highest BCUT2D eigenvalue weighted by Gasteiger charge is 2.26. The van der Waals surface area contributed by atoms with Gasteiger partial charge in [-0.1, -0.05) is 34.5 Å². The molecule has 0 atom stereocenters. The lowest BCUT2D eigenvalue weighted by atomic mass is 10.0. The zero-order chi connectivity index (χ0) is 13.1. The van der Waals surface area contributed by atoms with Gasteiger partial charge in [-0.3, -0.25) is 4.79 Å². The maximum atomic E-state index is 12.0. The van der Waals surface area contributed by atoms with Crippen LogP contribution in [0.3, 0.4) is 0 Å². The van der Waals surface area contributed by atoms with Gasteiger partial charge in [-0.2, -0.15) is 0 Å². The molecule has 0 saturated carbocycles. The monoisotopic (exact) mass is 318 g/mol. The van der Waals surface area contributed by atoms with Gasteiger partial charge in [0.25, 0.3) is 0 Å². The smallest absolute Gasteiger partial charge is 0.244 e. The zero-order valence-corrected chi connectivity index (χ0v) is 12.4. The van der Waals surface area contributed by atoms with Gasteiger partial charge in [-0.05, 0) is 38.6 Å². The first-order valence-corrected chi connectivity index (χ1v) is 6.55. The number of carbonyl (C=O) groups is 1. The molecular formula is C12H16BrClN2O.